The van der Waals surface area contributed by atoms with Gasteiger partial charge in [-0.05, 0) is 25.2 Å². The summed E-state index contributed by atoms with van der Waals surface area (Å²) in [5.74, 6) is -1.37. The standard InChI is InChI=1S/C24H33N5O5S2Si2/c1-37(2,3)28(19(30)14-17-10-8-7-9-11-17)20-22(31)29(16-35)21(24(32)34-38(4,5)6)18(15-36(33)23(20)29)27-13-12-25-26-27/h7-13,20,23H,14-16H2,1-6H3/p+1/t20?,23-,29?,36?/m0/s1. The molecule has 2 amide bonds. The van der Waals surface area contributed by atoms with Crippen LogP contribution in [0.5, 0.6) is 0 Å². The number of amides is 2. The van der Waals surface area contributed by atoms with Crippen molar-refractivity contribution in [3.63, 3.8) is 0 Å². The fourth-order valence-corrected chi connectivity index (χ4v) is 10.3. The van der Waals surface area contributed by atoms with Gasteiger partial charge >= 0.3 is 11.9 Å². The zero-order valence-corrected chi connectivity index (χ0v) is 26.2. The van der Waals surface area contributed by atoms with Crippen molar-refractivity contribution in [2.75, 3.05) is 11.6 Å². The molecule has 204 valence electrons. The first-order chi connectivity index (χ1) is 17.7. The maximum absolute atomic E-state index is 14.3. The lowest BCUT2D eigenvalue weighted by Gasteiger charge is -2.58. The Balaban J connectivity index is 1.83. The molecule has 2 aromatic rings. The summed E-state index contributed by atoms with van der Waals surface area (Å²) >= 11 is 4.53. The Bertz CT molecular complexity index is 1310. The molecule has 2 aliphatic heterocycles. The number of quaternary nitrogens is 1. The first kappa shape index (κ1) is 28.6. The average Bonchev–Trinajstić information content (AvgIpc) is 3.35. The Kier molecular flexibility index (Phi) is 7.75. The van der Waals surface area contributed by atoms with Crippen LogP contribution in [0, 0.1) is 0 Å². The van der Waals surface area contributed by atoms with Crippen molar-refractivity contribution in [2.24, 2.45) is 0 Å². The molecule has 4 rings (SSSR count). The van der Waals surface area contributed by atoms with Crippen LogP contribution in [0.25, 0.3) is 5.70 Å². The van der Waals surface area contributed by atoms with Gasteiger partial charge in [-0.15, -0.1) is 17.7 Å². The average molecular weight is 593 g/mol. The van der Waals surface area contributed by atoms with E-state index in [9.17, 15) is 18.6 Å². The van der Waals surface area contributed by atoms with Gasteiger partial charge in [0, 0.05) is 0 Å². The molecule has 14 heteroatoms. The van der Waals surface area contributed by atoms with Crippen LogP contribution in [0.1, 0.15) is 5.56 Å². The third-order valence-corrected chi connectivity index (χ3v) is 11.5. The maximum Gasteiger partial charge on any atom is 0.382 e. The molecule has 1 aromatic heterocycles. The first-order valence-electron chi connectivity index (χ1n) is 12.3. The van der Waals surface area contributed by atoms with Crippen LogP contribution < -0.4 is 0 Å². The van der Waals surface area contributed by atoms with Gasteiger partial charge in [-0.1, -0.05) is 55.2 Å². The predicted octanol–water partition coefficient (Wildman–Crippen LogP) is 2.43. The van der Waals surface area contributed by atoms with E-state index in [1.165, 1.54) is 10.9 Å². The zero-order chi connectivity index (χ0) is 28.0. The zero-order valence-electron chi connectivity index (χ0n) is 22.5. The van der Waals surface area contributed by atoms with E-state index in [1.54, 1.807) is 10.8 Å². The van der Waals surface area contributed by atoms with Crippen LogP contribution in [-0.2, 0) is 36.0 Å². The lowest BCUT2D eigenvalue weighted by Crippen LogP contribution is -2.85. The summed E-state index contributed by atoms with van der Waals surface area (Å²) in [4.78, 5) is 41.7. The maximum atomic E-state index is 14.3. The van der Waals surface area contributed by atoms with E-state index in [0.29, 0.717) is 5.70 Å². The van der Waals surface area contributed by atoms with Gasteiger partial charge in [-0.2, -0.15) is 4.48 Å². The highest BCUT2D eigenvalue weighted by Crippen LogP contribution is 2.48. The molecule has 0 bridgehead atoms. The SMILES string of the molecule is C[Si](C)(C)OC(=O)C1=C(n2ccnn2)CS(=O)[C@H]2C(N(C(=O)Cc3ccccc3)[Si](C)(C)C)C(=O)[N+]12CS. The van der Waals surface area contributed by atoms with E-state index in [0.717, 1.165) is 5.56 Å². The summed E-state index contributed by atoms with van der Waals surface area (Å²) in [5.41, 5.74) is 1.21. The molecule has 0 radical (unpaired) electrons. The summed E-state index contributed by atoms with van der Waals surface area (Å²) in [6, 6.07) is 8.41. The number of hydrogen-bond acceptors (Lipinski definition) is 8. The number of thiol groups is 1. The van der Waals surface area contributed by atoms with Gasteiger partial charge in [0.05, 0.1) is 35.4 Å². The molecule has 2 aliphatic rings. The normalized spacial score (nSPS) is 25.4. The predicted molar refractivity (Wildman–Crippen MR) is 153 cm³/mol. The van der Waals surface area contributed by atoms with Crippen LogP contribution >= 0.6 is 12.6 Å². The van der Waals surface area contributed by atoms with E-state index in [4.69, 9.17) is 4.43 Å². The van der Waals surface area contributed by atoms with Crippen molar-refractivity contribution in [1.29, 1.82) is 0 Å². The number of β-lactam (4-membered cyclic amide) rings is 1. The van der Waals surface area contributed by atoms with Gasteiger partial charge < -0.3 is 8.99 Å². The van der Waals surface area contributed by atoms with E-state index in [-0.39, 0.29) is 35.6 Å². The number of nitrogens with zero attached hydrogens (tertiary/aromatic N) is 5. The second-order valence-electron chi connectivity index (χ2n) is 11.5. The summed E-state index contributed by atoms with van der Waals surface area (Å²) < 4.78 is 22.2. The van der Waals surface area contributed by atoms with Crippen LogP contribution in [0.2, 0.25) is 39.3 Å². The van der Waals surface area contributed by atoms with E-state index in [2.05, 4.69) is 22.9 Å². The van der Waals surface area contributed by atoms with Crippen LogP contribution in [0.3, 0.4) is 0 Å². The van der Waals surface area contributed by atoms with Crippen molar-refractivity contribution in [3.05, 3.63) is 54.0 Å². The van der Waals surface area contributed by atoms with E-state index in [1.807, 2.05) is 69.6 Å². The minimum atomic E-state index is -2.45. The lowest BCUT2D eigenvalue weighted by molar-refractivity contribution is -0.843. The lowest BCUT2D eigenvalue weighted by atomic mass is 9.98. The van der Waals surface area contributed by atoms with Crippen molar-refractivity contribution in [3.8, 4) is 0 Å². The number of benzene rings is 1. The molecule has 0 aliphatic carbocycles. The molecule has 4 atom stereocenters. The molecular weight excluding hydrogens is 559 g/mol. The number of carbonyl (C=O) groups is 3. The van der Waals surface area contributed by atoms with Gasteiger partial charge in [-0.25, -0.2) is 14.3 Å². The molecule has 0 spiro atoms. The van der Waals surface area contributed by atoms with Crippen molar-refractivity contribution < 1.29 is 27.5 Å². The highest BCUT2D eigenvalue weighted by molar-refractivity contribution is 7.86. The number of hydrogen-bond donors (Lipinski definition) is 1. The van der Waals surface area contributed by atoms with E-state index < -0.39 is 49.2 Å². The third-order valence-electron chi connectivity index (χ3n) is 6.55. The molecular formula is C24H34N5O5S2Si2+. The summed E-state index contributed by atoms with van der Waals surface area (Å²) in [6.45, 7) is 11.6. The smallest absolute Gasteiger partial charge is 0.382 e. The van der Waals surface area contributed by atoms with Crippen LogP contribution in [0.15, 0.2) is 48.4 Å². The molecule has 1 fully saturated rings. The monoisotopic (exact) mass is 592 g/mol. The van der Waals surface area contributed by atoms with Crippen molar-refractivity contribution >= 4 is 63.5 Å². The molecule has 1 saturated heterocycles. The second-order valence-corrected chi connectivity index (χ2v) is 22.5. The Morgan fingerprint density at radius 2 is 1.84 bits per heavy atom. The third kappa shape index (κ3) is 4.99. The van der Waals surface area contributed by atoms with Crippen LogP contribution in [0.4, 0.5) is 0 Å². The molecule has 3 unspecified atom stereocenters. The van der Waals surface area contributed by atoms with E-state index >= 15 is 0 Å². The molecule has 10 nitrogen and oxygen atoms in total. The van der Waals surface area contributed by atoms with Gasteiger partial charge in [0.25, 0.3) is 0 Å². The van der Waals surface area contributed by atoms with Crippen molar-refractivity contribution in [2.45, 2.75) is 57.1 Å². The fraction of sp³-hybridized carbons (Fsp3) is 0.458. The topological polar surface area (TPSA) is 111 Å². The van der Waals surface area contributed by atoms with Gasteiger partial charge in [0.1, 0.15) is 11.6 Å². The van der Waals surface area contributed by atoms with Gasteiger partial charge in [-0.3, -0.25) is 9.00 Å². The van der Waals surface area contributed by atoms with Gasteiger partial charge in [0.15, 0.2) is 8.24 Å². The van der Waals surface area contributed by atoms with Gasteiger partial charge in [0.2, 0.25) is 31.3 Å². The second kappa shape index (κ2) is 10.3. The number of fused-ring (bicyclic) bond motifs is 1. The first-order valence-corrected chi connectivity index (χ1v) is 21.2. The Hall–Kier alpha value is -2.40. The largest absolute Gasteiger partial charge is 0.513 e. The Morgan fingerprint density at radius 3 is 2.37 bits per heavy atom. The minimum Gasteiger partial charge on any atom is -0.513 e. The highest BCUT2D eigenvalue weighted by Gasteiger charge is 2.75. The number of carbonyl (C=O) groups excluding carboxylic acids is 3. The molecule has 3 heterocycles. The summed E-state index contributed by atoms with van der Waals surface area (Å²) in [6.07, 6.45) is 3.12. The summed E-state index contributed by atoms with van der Waals surface area (Å²) in [7, 11) is -6.44. The molecule has 1 aromatic carbocycles. The molecule has 38 heavy (non-hydrogen) atoms. The molecule has 0 saturated carbocycles. The highest BCUT2D eigenvalue weighted by atomic mass is 32.2. The quantitative estimate of drug-likeness (QED) is 0.217. The Morgan fingerprint density at radius 1 is 1.18 bits per heavy atom. The fourth-order valence-electron chi connectivity index (χ4n) is 5.14. The van der Waals surface area contributed by atoms with Crippen molar-refractivity contribution in [1.82, 2.24) is 19.6 Å². The minimum absolute atomic E-state index is 0.0336. The number of rotatable bonds is 8. The van der Waals surface area contributed by atoms with Crippen LogP contribution in [-0.4, -0.2) is 85.6 Å². The summed E-state index contributed by atoms with van der Waals surface area (Å²) in [5, 5.41) is 7.01. The molecule has 0 N–H and O–H groups in total. The number of aromatic nitrogens is 3. The Labute approximate surface area is 232 Å².